The summed E-state index contributed by atoms with van der Waals surface area (Å²) in [6.07, 6.45) is 3.49. The predicted molar refractivity (Wildman–Crippen MR) is 81.4 cm³/mol. The zero-order chi connectivity index (χ0) is 14.7. The molecule has 0 aliphatic carbocycles. The number of aryl methyl sites for hydroxylation is 1. The topological polar surface area (TPSA) is 78.9 Å². The third-order valence-electron chi connectivity index (χ3n) is 3.17. The molecule has 0 saturated heterocycles. The number of anilines is 2. The van der Waals surface area contributed by atoms with Gasteiger partial charge < -0.3 is 5.32 Å². The molecule has 7 heteroatoms. The van der Waals surface area contributed by atoms with E-state index in [1.165, 1.54) is 0 Å². The lowest BCUT2D eigenvalue weighted by molar-refractivity contribution is 0.0957. The third-order valence-corrected chi connectivity index (χ3v) is 3.47. The molecule has 0 fully saturated rings. The molecule has 2 aromatic heterocycles. The molecular weight excluding hydrogens is 290 g/mol. The van der Waals surface area contributed by atoms with Crippen LogP contribution in [0.3, 0.4) is 0 Å². The molecular formula is C14H14ClN5O. The standard InChI is InChI=1S/C14H14ClN5O/c15-9-3-1-8-17-13(9)19-20-14(21)12-6-5-10-11(18-12)4-2-7-16-10/h1,3,5-6,8,16H,2,4,7H2,(H,17,19)(H,20,21). The van der Waals surface area contributed by atoms with E-state index in [0.717, 1.165) is 30.8 Å². The summed E-state index contributed by atoms with van der Waals surface area (Å²) < 4.78 is 0. The van der Waals surface area contributed by atoms with Crippen LogP contribution in [0, 0.1) is 0 Å². The Morgan fingerprint density at radius 3 is 3.10 bits per heavy atom. The van der Waals surface area contributed by atoms with E-state index >= 15 is 0 Å². The molecule has 1 amide bonds. The third kappa shape index (κ3) is 3.05. The number of hydrogen-bond donors (Lipinski definition) is 3. The average molecular weight is 304 g/mol. The lowest BCUT2D eigenvalue weighted by Gasteiger charge is -2.17. The summed E-state index contributed by atoms with van der Waals surface area (Å²) in [6.45, 7) is 0.944. The van der Waals surface area contributed by atoms with Crippen LogP contribution in [0.15, 0.2) is 30.5 Å². The smallest absolute Gasteiger partial charge is 0.288 e. The van der Waals surface area contributed by atoms with Gasteiger partial charge in [-0.3, -0.25) is 15.6 Å². The van der Waals surface area contributed by atoms with Crippen molar-refractivity contribution in [3.05, 3.63) is 46.9 Å². The van der Waals surface area contributed by atoms with Crippen molar-refractivity contribution in [1.29, 1.82) is 0 Å². The number of hydrazine groups is 1. The number of aromatic nitrogens is 2. The largest absolute Gasteiger partial charge is 0.384 e. The number of carbonyl (C=O) groups excluding carboxylic acids is 1. The highest BCUT2D eigenvalue weighted by Gasteiger charge is 2.14. The van der Waals surface area contributed by atoms with E-state index in [4.69, 9.17) is 11.6 Å². The van der Waals surface area contributed by atoms with Gasteiger partial charge in [0.25, 0.3) is 5.91 Å². The molecule has 3 rings (SSSR count). The maximum absolute atomic E-state index is 12.1. The molecule has 0 unspecified atom stereocenters. The van der Waals surface area contributed by atoms with E-state index < -0.39 is 0 Å². The van der Waals surface area contributed by atoms with Crippen LogP contribution in [-0.4, -0.2) is 22.4 Å². The van der Waals surface area contributed by atoms with Crippen LogP contribution in [0.1, 0.15) is 22.6 Å². The second-order valence-corrected chi connectivity index (χ2v) is 5.04. The first-order valence-electron chi connectivity index (χ1n) is 6.65. The van der Waals surface area contributed by atoms with Gasteiger partial charge in [0.1, 0.15) is 5.69 Å². The van der Waals surface area contributed by atoms with E-state index in [9.17, 15) is 4.79 Å². The van der Waals surface area contributed by atoms with Crippen LogP contribution in [0.25, 0.3) is 0 Å². The van der Waals surface area contributed by atoms with Gasteiger partial charge in [-0.25, -0.2) is 9.97 Å². The van der Waals surface area contributed by atoms with Crippen molar-refractivity contribution in [3.8, 4) is 0 Å². The van der Waals surface area contributed by atoms with Crippen molar-refractivity contribution in [3.63, 3.8) is 0 Å². The normalized spacial score (nSPS) is 13.0. The van der Waals surface area contributed by atoms with Gasteiger partial charge in [0, 0.05) is 12.7 Å². The number of pyridine rings is 2. The molecule has 3 N–H and O–H groups in total. The molecule has 0 spiro atoms. The molecule has 21 heavy (non-hydrogen) atoms. The lowest BCUT2D eigenvalue weighted by atomic mass is 10.1. The number of nitrogens with zero attached hydrogens (tertiary/aromatic N) is 2. The molecule has 0 saturated carbocycles. The van der Waals surface area contributed by atoms with Gasteiger partial charge in [0.2, 0.25) is 0 Å². The summed E-state index contributed by atoms with van der Waals surface area (Å²) in [5.41, 5.74) is 7.52. The second-order valence-electron chi connectivity index (χ2n) is 4.63. The van der Waals surface area contributed by atoms with Crippen molar-refractivity contribution >= 4 is 29.0 Å². The molecule has 6 nitrogen and oxygen atoms in total. The van der Waals surface area contributed by atoms with Crippen molar-refractivity contribution in [2.24, 2.45) is 0 Å². The Balaban J connectivity index is 1.69. The van der Waals surface area contributed by atoms with Crippen molar-refractivity contribution in [2.75, 3.05) is 17.3 Å². The minimum absolute atomic E-state index is 0.329. The van der Waals surface area contributed by atoms with Gasteiger partial charge in [-0.15, -0.1) is 0 Å². The minimum atomic E-state index is -0.329. The summed E-state index contributed by atoms with van der Waals surface area (Å²) in [6, 6.07) is 6.97. The first-order valence-corrected chi connectivity index (χ1v) is 7.02. The average Bonchev–Trinajstić information content (AvgIpc) is 2.53. The zero-order valence-electron chi connectivity index (χ0n) is 11.2. The highest BCUT2D eigenvalue weighted by molar-refractivity contribution is 6.32. The molecule has 2 aromatic rings. The van der Waals surface area contributed by atoms with Crippen molar-refractivity contribution in [1.82, 2.24) is 15.4 Å². The minimum Gasteiger partial charge on any atom is -0.384 e. The lowest BCUT2D eigenvalue weighted by Crippen LogP contribution is -2.31. The van der Waals surface area contributed by atoms with Crippen molar-refractivity contribution < 1.29 is 4.79 Å². The maximum atomic E-state index is 12.1. The van der Waals surface area contributed by atoms with Gasteiger partial charge in [-0.1, -0.05) is 11.6 Å². The molecule has 3 heterocycles. The fourth-order valence-electron chi connectivity index (χ4n) is 2.12. The quantitative estimate of drug-likeness (QED) is 0.758. The van der Waals surface area contributed by atoms with Gasteiger partial charge in [0.15, 0.2) is 5.82 Å². The molecule has 0 atom stereocenters. The number of amides is 1. The number of halogens is 1. The van der Waals surface area contributed by atoms with Crippen LogP contribution < -0.4 is 16.2 Å². The van der Waals surface area contributed by atoms with Crippen molar-refractivity contribution in [2.45, 2.75) is 12.8 Å². The Labute approximate surface area is 126 Å². The summed E-state index contributed by atoms with van der Waals surface area (Å²) >= 11 is 5.95. The SMILES string of the molecule is O=C(NNc1ncccc1Cl)c1ccc2c(n1)CCCN2. The number of hydrogen-bond acceptors (Lipinski definition) is 5. The van der Waals surface area contributed by atoms with Crippen LogP contribution in [0.4, 0.5) is 11.5 Å². The zero-order valence-corrected chi connectivity index (χ0v) is 11.9. The summed E-state index contributed by atoms with van der Waals surface area (Å²) in [4.78, 5) is 20.5. The first kappa shape index (κ1) is 13.6. The fourth-order valence-corrected chi connectivity index (χ4v) is 2.28. The molecule has 1 aliphatic rings. The summed E-state index contributed by atoms with van der Waals surface area (Å²) in [5.74, 6) is 0.0669. The van der Waals surface area contributed by atoms with E-state index in [2.05, 4.69) is 26.1 Å². The Morgan fingerprint density at radius 1 is 1.33 bits per heavy atom. The fraction of sp³-hybridized carbons (Fsp3) is 0.214. The van der Waals surface area contributed by atoms with Gasteiger partial charge in [0.05, 0.1) is 16.4 Å². The van der Waals surface area contributed by atoms with E-state index in [1.807, 2.05) is 6.07 Å². The Bertz CT molecular complexity index is 676. The van der Waals surface area contributed by atoms with Crippen LogP contribution in [0.5, 0.6) is 0 Å². The molecule has 0 bridgehead atoms. The number of carbonyl (C=O) groups is 1. The van der Waals surface area contributed by atoms with Gasteiger partial charge in [-0.2, -0.15) is 0 Å². The number of fused-ring (bicyclic) bond motifs is 1. The van der Waals surface area contributed by atoms with Crippen LogP contribution >= 0.6 is 11.6 Å². The monoisotopic (exact) mass is 303 g/mol. The van der Waals surface area contributed by atoms with Crippen LogP contribution in [-0.2, 0) is 6.42 Å². The highest BCUT2D eigenvalue weighted by Crippen LogP contribution is 2.20. The van der Waals surface area contributed by atoms with Gasteiger partial charge >= 0.3 is 0 Å². The van der Waals surface area contributed by atoms with Crippen LogP contribution in [0.2, 0.25) is 5.02 Å². The molecule has 108 valence electrons. The number of nitrogens with one attached hydrogen (secondary N) is 3. The molecule has 0 aromatic carbocycles. The second kappa shape index (κ2) is 5.97. The van der Waals surface area contributed by atoms with E-state index in [1.54, 1.807) is 24.4 Å². The number of rotatable bonds is 3. The van der Waals surface area contributed by atoms with E-state index in [-0.39, 0.29) is 5.91 Å². The summed E-state index contributed by atoms with van der Waals surface area (Å²) in [7, 11) is 0. The summed E-state index contributed by atoms with van der Waals surface area (Å²) in [5, 5.41) is 3.69. The maximum Gasteiger partial charge on any atom is 0.288 e. The predicted octanol–water partition coefficient (Wildman–Crippen LogP) is 2.24. The van der Waals surface area contributed by atoms with Gasteiger partial charge in [-0.05, 0) is 37.1 Å². The Kier molecular flexibility index (Phi) is 3.87. The first-order chi connectivity index (χ1) is 10.2. The highest BCUT2D eigenvalue weighted by atomic mass is 35.5. The Hall–Kier alpha value is -2.34. The molecule has 0 radical (unpaired) electrons. The Morgan fingerprint density at radius 2 is 2.24 bits per heavy atom. The molecule has 1 aliphatic heterocycles. The van der Waals surface area contributed by atoms with E-state index in [0.29, 0.717) is 16.5 Å².